The van der Waals surface area contributed by atoms with Crippen LogP contribution in [0.1, 0.15) is 31.7 Å². The van der Waals surface area contributed by atoms with Crippen molar-refractivity contribution < 1.29 is 28.0 Å². The average Bonchev–Trinajstić information content (AvgIpc) is 3.13. The zero-order valence-electron chi connectivity index (χ0n) is 16.9. The molecule has 0 aromatic heterocycles. The van der Waals surface area contributed by atoms with E-state index in [9.17, 15) is 23.1 Å². The predicted octanol–water partition coefficient (Wildman–Crippen LogP) is -0.627. The van der Waals surface area contributed by atoms with Crippen molar-refractivity contribution in [3.63, 3.8) is 0 Å². The number of benzene rings is 1. The van der Waals surface area contributed by atoms with Crippen LogP contribution in [-0.2, 0) is 24.4 Å². The number of hydrogen-bond acceptors (Lipinski definition) is 7. The fraction of sp³-hybridized carbons (Fsp3) is 0.444. The number of carboxylic acids is 1. The molecule has 1 aromatic carbocycles. The van der Waals surface area contributed by atoms with Gasteiger partial charge in [0.25, 0.3) is 0 Å². The molecule has 31 heavy (non-hydrogen) atoms. The number of hydrogen-bond donors (Lipinski definition) is 5. The molecule has 0 saturated carbocycles. The second-order valence-corrected chi connectivity index (χ2v) is 8.76. The average molecular weight is 455 g/mol. The summed E-state index contributed by atoms with van der Waals surface area (Å²) in [6.07, 6.45) is 0.132. The van der Waals surface area contributed by atoms with Crippen molar-refractivity contribution in [1.29, 1.82) is 0 Å². The molecule has 0 bridgehead atoms. The molecule has 1 aliphatic rings. The van der Waals surface area contributed by atoms with Gasteiger partial charge in [0.15, 0.2) is 5.96 Å². The van der Waals surface area contributed by atoms with Crippen LogP contribution in [0.3, 0.4) is 0 Å². The Morgan fingerprint density at radius 2 is 2.00 bits per heavy atom. The standard InChI is InChI=1S/C18H26N6O6S/c1-2-7-31(28,29)24-15(17(26)27)10-21-16(25)9-13-8-14(23-30-13)11-3-5-12(6-4-11)22-18(19)20/h3-6,13,15,24H,2,7-10H2,1H3,(H,21,25)(H,26,27)(H4,19,20,22)/t13-,15-/m0/s1. The summed E-state index contributed by atoms with van der Waals surface area (Å²) in [4.78, 5) is 32.6. The number of amides is 1. The quantitative estimate of drug-likeness (QED) is 0.215. The summed E-state index contributed by atoms with van der Waals surface area (Å²) in [6.45, 7) is 1.27. The van der Waals surface area contributed by atoms with Gasteiger partial charge in [-0.05, 0) is 24.1 Å². The molecule has 2 rings (SSSR count). The molecule has 0 saturated heterocycles. The number of carbonyl (C=O) groups excluding carboxylic acids is 1. The first-order valence-electron chi connectivity index (χ1n) is 9.52. The van der Waals surface area contributed by atoms with Crippen molar-refractivity contribution in [1.82, 2.24) is 10.0 Å². The van der Waals surface area contributed by atoms with Crippen LogP contribution in [0, 0.1) is 0 Å². The number of nitrogens with two attached hydrogens (primary N) is 2. The molecule has 0 aliphatic carbocycles. The number of aliphatic carboxylic acids is 1. The highest BCUT2D eigenvalue weighted by Gasteiger charge is 2.27. The molecule has 1 aliphatic heterocycles. The van der Waals surface area contributed by atoms with E-state index >= 15 is 0 Å². The van der Waals surface area contributed by atoms with Gasteiger partial charge in [-0.2, -0.15) is 4.72 Å². The number of oxime groups is 1. The molecule has 1 heterocycles. The van der Waals surface area contributed by atoms with E-state index in [0.717, 1.165) is 5.56 Å². The van der Waals surface area contributed by atoms with Crippen molar-refractivity contribution in [3.05, 3.63) is 29.8 Å². The summed E-state index contributed by atoms with van der Waals surface area (Å²) in [5, 5.41) is 15.6. The highest BCUT2D eigenvalue weighted by Crippen LogP contribution is 2.21. The number of nitrogens with one attached hydrogen (secondary N) is 2. The molecule has 12 nitrogen and oxygen atoms in total. The highest BCUT2D eigenvalue weighted by atomic mass is 32.2. The summed E-state index contributed by atoms with van der Waals surface area (Å²) in [7, 11) is -3.74. The number of carboxylic acid groups (broad SMARTS) is 1. The van der Waals surface area contributed by atoms with Gasteiger partial charge >= 0.3 is 5.97 Å². The molecule has 170 valence electrons. The maximum absolute atomic E-state index is 12.2. The van der Waals surface area contributed by atoms with E-state index in [2.05, 4.69) is 20.2 Å². The van der Waals surface area contributed by atoms with Crippen molar-refractivity contribution in [3.8, 4) is 0 Å². The van der Waals surface area contributed by atoms with Crippen molar-refractivity contribution in [2.24, 2.45) is 21.6 Å². The summed E-state index contributed by atoms with van der Waals surface area (Å²) in [6, 6.07) is 5.51. The van der Waals surface area contributed by atoms with Gasteiger partial charge in [-0.3, -0.25) is 9.59 Å². The Morgan fingerprint density at radius 3 is 2.58 bits per heavy atom. The van der Waals surface area contributed by atoms with E-state index < -0.39 is 34.0 Å². The Balaban J connectivity index is 1.84. The molecule has 1 aromatic rings. The van der Waals surface area contributed by atoms with Crippen LogP contribution in [0.4, 0.5) is 5.69 Å². The van der Waals surface area contributed by atoms with E-state index in [1.165, 1.54) is 0 Å². The molecule has 0 unspecified atom stereocenters. The Morgan fingerprint density at radius 1 is 1.32 bits per heavy atom. The SMILES string of the molecule is CCCS(=O)(=O)N[C@@H](CNC(=O)C[C@@H]1CC(c2ccc(N=C(N)N)cc2)=NO1)C(=O)O. The lowest BCUT2D eigenvalue weighted by atomic mass is 10.0. The minimum Gasteiger partial charge on any atom is -0.480 e. The summed E-state index contributed by atoms with van der Waals surface area (Å²) < 4.78 is 25.6. The largest absolute Gasteiger partial charge is 0.480 e. The lowest BCUT2D eigenvalue weighted by Crippen LogP contribution is -2.49. The fourth-order valence-corrected chi connectivity index (χ4v) is 4.08. The van der Waals surface area contributed by atoms with Crippen molar-refractivity contribution >= 4 is 39.3 Å². The molecule has 0 radical (unpaired) electrons. The molecule has 2 atom stereocenters. The van der Waals surface area contributed by atoms with Gasteiger partial charge in [0.2, 0.25) is 15.9 Å². The third-order valence-corrected chi connectivity index (χ3v) is 5.79. The first kappa shape index (κ1) is 24.1. The first-order valence-corrected chi connectivity index (χ1v) is 11.2. The van der Waals surface area contributed by atoms with Gasteiger partial charge in [-0.15, -0.1) is 0 Å². The van der Waals surface area contributed by atoms with E-state index in [4.69, 9.17) is 16.3 Å². The van der Waals surface area contributed by atoms with Crippen molar-refractivity contribution in [2.45, 2.75) is 38.3 Å². The zero-order chi connectivity index (χ0) is 23.0. The maximum Gasteiger partial charge on any atom is 0.323 e. The molecular formula is C18H26N6O6S. The summed E-state index contributed by atoms with van der Waals surface area (Å²) >= 11 is 0. The van der Waals surface area contributed by atoms with Crippen LogP contribution in [0.2, 0.25) is 0 Å². The van der Waals surface area contributed by atoms with Gasteiger partial charge in [0.1, 0.15) is 12.1 Å². The predicted molar refractivity (Wildman–Crippen MR) is 114 cm³/mol. The Hall–Kier alpha value is -3.19. The highest BCUT2D eigenvalue weighted by molar-refractivity contribution is 7.89. The topological polar surface area (TPSA) is 199 Å². The molecule has 0 fully saturated rings. The third-order valence-electron chi connectivity index (χ3n) is 4.20. The molecule has 13 heteroatoms. The van der Waals surface area contributed by atoms with Gasteiger partial charge in [-0.1, -0.05) is 24.2 Å². The molecule has 7 N–H and O–H groups in total. The van der Waals surface area contributed by atoms with E-state index in [1.54, 1.807) is 31.2 Å². The number of guanidine groups is 1. The van der Waals surface area contributed by atoms with Crippen LogP contribution in [0.25, 0.3) is 0 Å². The van der Waals surface area contributed by atoms with Crippen LogP contribution in [0.5, 0.6) is 0 Å². The molecule has 0 spiro atoms. The minimum absolute atomic E-state index is 0.0522. The number of carbonyl (C=O) groups is 2. The lowest BCUT2D eigenvalue weighted by molar-refractivity contribution is -0.138. The van der Waals surface area contributed by atoms with E-state index in [0.29, 0.717) is 24.2 Å². The van der Waals surface area contributed by atoms with Gasteiger partial charge in [0.05, 0.1) is 23.6 Å². The second-order valence-electron chi connectivity index (χ2n) is 6.89. The van der Waals surface area contributed by atoms with E-state index in [1.807, 2.05) is 0 Å². The Kier molecular flexibility index (Phi) is 8.33. The van der Waals surface area contributed by atoms with Crippen LogP contribution < -0.4 is 21.5 Å². The van der Waals surface area contributed by atoms with Crippen molar-refractivity contribution in [2.75, 3.05) is 12.3 Å². The Bertz CT molecular complexity index is 956. The van der Waals surface area contributed by atoms with Gasteiger partial charge in [-0.25, -0.2) is 13.4 Å². The number of rotatable bonds is 11. The summed E-state index contributed by atoms with van der Waals surface area (Å²) in [5.74, 6) is -2.12. The number of aliphatic imine (C=N–C) groups is 1. The van der Waals surface area contributed by atoms with E-state index in [-0.39, 0.29) is 24.7 Å². The smallest absolute Gasteiger partial charge is 0.323 e. The minimum atomic E-state index is -3.74. The number of nitrogens with zero attached hydrogens (tertiary/aromatic N) is 2. The first-order chi connectivity index (χ1) is 14.6. The van der Waals surface area contributed by atoms with Gasteiger partial charge in [0, 0.05) is 13.0 Å². The monoisotopic (exact) mass is 454 g/mol. The number of sulfonamides is 1. The molecular weight excluding hydrogens is 428 g/mol. The molecule has 1 amide bonds. The summed E-state index contributed by atoms with van der Waals surface area (Å²) in [5.41, 5.74) is 12.7. The normalized spacial score (nSPS) is 16.7. The Labute approximate surface area is 179 Å². The van der Waals surface area contributed by atoms with Crippen LogP contribution in [-0.4, -0.2) is 61.5 Å². The third kappa shape index (κ3) is 7.86. The van der Waals surface area contributed by atoms with Gasteiger partial charge < -0.3 is 26.7 Å². The van der Waals surface area contributed by atoms with Crippen LogP contribution >= 0.6 is 0 Å². The fourth-order valence-electron chi connectivity index (χ4n) is 2.80. The lowest BCUT2D eigenvalue weighted by Gasteiger charge is -2.16. The second kappa shape index (κ2) is 10.7. The maximum atomic E-state index is 12.2. The zero-order valence-corrected chi connectivity index (χ0v) is 17.8. The van der Waals surface area contributed by atoms with Crippen LogP contribution in [0.15, 0.2) is 34.4 Å².